The molecule has 0 saturated heterocycles. The van der Waals surface area contributed by atoms with Crippen LogP contribution in [0.1, 0.15) is 24.0 Å². The van der Waals surface area contributed by atoms with Crippen LogP contribution in [0.2, 0.25) is 0 Å². The molecule has 0 bridgehead atoms. The highest BCUT2D eigenvalue weighted by Crippen LogP contribution is 2.51. The van der Waals surface area contributed by atoms with Crippen molar-refractivity contribution in [3.05, 3.63) is 78.4 Å². The number of hydrogen-bond acceptors (Lipinski definition) is 9. The highest BCUT2D eigenvalue weighted by molar-refractivity contribution is 8.05. The van der Waals surface area contributed by atoms with Gasteiger partial charge in [0, 0.05) is 6.61 Å². The zero-order chi connectivity index (χ0) is 35.3. The molecule has 1 N–H and O–H groups in total. The summed E-state index contributed by atoms with van der Waals surface area (Å²) < 4.78 is 169. The predicted octanol–water partition coefficient (Wildman–Crippen LogP) is 5.31. The van der Waals surface area contributed by atoms with Crippen LogP contribution in [0.25, 0.3) is 16.8 Å². The number of hydrogen-bond donors (Lipinski definition) is 1. The van der Waals surface area contributed by atoms with E-state index in [1.54, 1.807) is 6.08 Å². The molecular weight excluding hydrogens is 704 g/mol. The molecule has 10 nitrogen and oxygen atoms in total. The molecule has 260 valence electrons. The van der Waals surface area contributed by atoms with Crippen molar-refractivity contribution < 1.29 is 65.3 Å². The van der Waals surface area contributed by atoms with Crippen molar-refractivity contribution in [3.63, 3.8) is 0 Å². The van der Waals surface area contributed by atoms with Gasteiger partial charge in [-0.05, 0) is 71.5 Å². The van der Waals surface area contributed by atoms with Gasteiger partial charge in [0.1, 0.15) is 11.5 Å². The van der Waals surface area contributed by atoms with Gasteiger partial charge in [0.15, 0.2) is 0 Å². The summed E-state index contributed by atoms with van der Waals surface area (Å²) >= 11 is 0. The van der Waals surface area contributed by atoms with E-state index in [0.717, 1.165) is 46.4 Å². The molecule has 0 spiro atoms. The highest BCUT2D eigenvalue weighted by atomic mass is 32.3. The first kappa shape index (κ1) is 38.1. The summed E-state index contributed by atoms with van der Waals surface area (Å²) in [5.41, 5.74) is 1.48. The number of unbranched alkanes of at least 4 members (excludes halogenated alkanes) is 1. The maximum absolute atomic E-state index is 14.3. The van der Waals surface area contributed by atoms with Gasteiger partial charge in [-0.25, -0.2) is 16.8 Å². The monoisotopic (exact) mass is 733 g/mol. The lowest BCUT2D eigenvalue weighted by molar-refractivity contribution is -0.245. The summed E-state index contributed by atoms with van der Waals surface area (Å²) in [7, 11) is -19.2. The number of nitrogens with one attached hydrogen (secondary N) is 1. The molecule has 3 aromatic carbocycles. The number of benzene rings is 3. The van der Waals surface area contributed by atoms with Crippen LogP contribution in [0, 0.1) is 0 Å². The predicted molar refractivity (Wildman–Crippen MR) is 161 cm³/mol. The third kappa shape index (κ3) is 8.95. The van der Waals surface area contributed by atoms with Crippen LogP contribution >= 0.6 is 0 Å². The first-order valence-electron chi connectivity index (χ1n) is 13.4. The molecule has 0 saturated carbocycles. The number of ether oxygens (including phenoxy) is 2. The third-order valence-corrected chi connectivity index (χ3v) is 10.6. The third-order valence-electron chi connectivity index (χ3n) is 6.33. The summed E-state index contributed by atoms with van der Waals surface area (Å²) in [6.45, 7) is 4.75. The second kappa shape index (κ2) is 14.4. The summed E-state index contributed by atoms with van der Waals surface area (Å²) in [5, 5.41) is -11.7. The van der Waals surface area contributed by atoms with Gasteiger partial charge in [-0.15, -0.1) is 4.13 Å². The molecule has 0 radical (unpaired) electrons. The second-order valence-corrected chi connectivity index (χ2v) is 15.4. The minimum absolute atomic E-state index is 0.0450. The number of fused-ring (bicyclic) bond motifs is 1. The van der Waals surface area contributed by atoms with Gasteiger partial charge in [-0.1, -0.05) is 43.0 Å². The molecule has 0 heterocycles. The van der Waals surface area contributed by atoms with Gasteiger partial charge in [0.05, 0.1) is 19.5 Å². The molecular formula is C28H29F6NO9S3. The molecule has 0 atom stereocenters. The highest BCUT2D eigenvalue weighted by Gasteiger charge is 2.83. The van der Waals surface area contributed by atoms with Crippen molar-refractivity contribution in [1.82, 2.24) is 4.13 Å². The lowest BCUT2D eigenvalue weighted by Gasteiger charge is -2.30. The minimum Gasteiger partial charge on any atom is -0.494 e. The quantitative estimate of drug-likeness (QED) is 0.105. The Morgan fingerprint density at radius 2 is 1.32 bits per heavy atom. The van der Waals surface area contributed by atoms with E-state index in [4.69, 9.17) is 9.47 Å². The van der Waals surface area contributed by atoms with Gasteiger partial charge >= 0.3 is 26.5 Å². The van der Waals surface area contributed by atoms with Crippen LogP contribution in [-0.4, -0.2) is 67.8 Å². The molecule has 47 heavy (non-hydrogen) atoms. The van der Waals surface area contributed by atoms with Gasteiger partial charge in [0.2, 0.25) is 10.0 Å². The Labute approximate surface area is 267 Å². The first-order chi connectivity index (χ1) is 21.6. The number of sulfonamides is 2. The van der Waals surface area contributed by atoms with Crippen molar-refractivity contribution in [2.24, 2.45) is 0 Å². The van der Waals surface area contributed by atoms with E-state index in [-0.39, 0.29) is 23.4 Å². The van der Waals surface area contributed by atoms with Crippen LogP contribution in [0.3, 0.4) is 0 Å². The second-order valence-electron chi connectivity index (χ2n) is 10.0. The Kier molecular flexibility index (Phi) is 11.7. The van der Waals surface area contributed by atoms with Crippen LogP contribution in [0.5, 0.6) is 11.5 Å². The molecule has 0 amide bonds. The fraction of sp³-hybridized carbons (Fsp3) is 0.357. The topological polar surface area (TPSA) is 142 Å². The van der Waals surface area contributed by atoms with Crippen LogP contribution in [0.15, 0.2) is 67.2 Å². The van der Waals surface area contributed by atoms with E-state index in [0.29, 0.717) is 31.6 Å². The fourth-order valence-corrected chi connectivity index (χ4v) is 7.34. The normalized spacial score (nSPS) is 13.4. The molecule has 0 aliphatic heterocycles. The molecule has 0 fully saturated rings. The molecule has 3 aromatic rings. The number of rotatable bonds is 18. The molecule has 0 aliphatic rings. The van der Waals surface area contributed by atoms with E-state index in [1.165, 1.54) is 0 Å². The van der Waals surface area contributed by atoms with Crippen molar-refractivity contribution in [2.45, 2.75) is 35.7 Å². The van der Waals surface area contributed by atoms with E-state index in [1.807, 2.05) is 36.4 Å². The lowest BCUT2D eigenvalue weighted by Crippen LogP contribution is -2.63. The van der Waals surface area contributed by atoms with Crippen LogP contribution in [0.4, 0.5) is 26.3 Å². The standard InChI is InChI=1S/C28H29F6NO9S3/c1-3-20-6-9-23-19-25(13-10-22(23)18-20)43-16-5-4-15-42-17-14-21-7-11-24(12-8-21)44-47(40,41)28(33,34)26(29,30)27(31,32)46(38,39)35-45(2,36)37/h3,6-13,18-19,35H,1,4-5,14-17H2,2H3. The van der Waals surface area contributed by atoms with Crippen LogP contribution in [-0.2, 0) is 41.3 Å². The summed E-state index contributed by atoms with van der Waals surface area (Å²) in [5.74, 6) is -7.46. The molecule has 19 heteroatoms. The van der Waals surface area contributed by atoms with E-state index < -0.39 is 52.3 Å². The average Bonchev–Trinajstić information content (AvgIpc) is 2.97. The van der Waals surface area contributed by atoms with Gasteiger partial charge < -0.3 is 13.7 Å². The number of halogens is 6. The van der Waals surface area contributed by atoms with Crippen molar-refractivity contribution >= 4 is 47.0 Å². The SMILES string of the molecule is C=Cc1ccc2cc(OCCCCOCCc3ccc(OS(=O)(=O)C(F)(F)C(F)(F)C(F)(F)S(=O)(=O)NS(C)(=O)=O)cc3)ccc2c1. The minimum atomic E-state index is -7.19. The first-order valence-corrected chi connectivity index (χ1v) is 18.2. The Hall–Kier alpha value is -3.39. The Morgan fingerprint density at radius 1 is 0.745 bits per heavy atom. The molecule has 3 rings (SSSR count). The largest absolute Gasteiger partial charge is 0.494 e. The van der Waals surface area contributed by atoms with Gasteiger partial charge in [-0.2, -0.15) is 34.8 Å². The van der Waals surface area contributed by atoms with Crippen LogP contribution < -0.4 is 13.0 Å². The fourth-order valence-electron chi connectivity index (χ4n) is 3.88. The van der Waals surface area contributed by atoms with Crippen molar-refractivity contribution in [1.29, 1.82) is 0 Å². The molecule has 0 unspecified atom stereocenters. The maximum Gasteiger partial charge on any atom is 0.450 e. The summed E-state index contributed by atoms with van der Waals surface area (Å²) in [6, 6.07) is 15.5. The van der Waals surface area contributed by atoms with Crippen molar-refractivity contribution in [2.75, 3.05) is 26.1 Å². The molecule has 0 aliphatic carbocycles. The number of alkyl halides is 6. The van der Waals surface area contributed by atoms with Crippen molar-refractivity contribution in [3.8, 4) is 11.5 Å². The van der Waals surface area contributed by atoms with Gasteiger partial charge in [0.25, 0.3) is 10.0 Å². The smallest absolute Gasteiger partial charge is 0.450 e. The summed E-state index contributed by atoms with van der Waals surface area (Å²) in [4.78, 5) is 0. The van der Waals surface area contributed by atoms with E-state index in [2.05, 4.69) is 10.8 Å². The zero-order valence-corrected chi connectivity index (χ0v) is 26.9. The Balaban J connectivity index is 1.46. The lowest BCUT2D eigenvalue weighted by atomic mass is 10.1. The zero-order valence-electron chi connectivity index (χ0n) is 24.5. The molecule has 0 aromatic heterocycles. The Bertz CT molecular complexity index is 1900. The van der Waals surface area contributed by atoms with E-state index in [9.17, 15) is 51.6 Å². The van der Waals surface area contributed by atoms with Gasteiger partial charge in [-0.3, -0.25) is 0 Å². The van der Waals surface area contributed by atoms with E-state index >= 15 is 0 Å². The maximum atomic E-state index is 14.3. The average molecular weight is 734 g/mol. The Morgan fingerprint density at radius 3 is 1.94 bits per heavy atom. The summed E-state index contributed by atoms with van der Waals surface area (Å²) in [6.07, 6.45) is 3.31.